The average molecular weight is 259 g/mol. The Balaban J connectivity index is 2.21. The van der Waals surface area contributed by atoms with Crippen LogP contribution in [0.25, 0.3) is 0 Å². The summed E-state index contributed by atoms with van der Waals surface area (Å²) < 4.78 is 0. The van der Waals surface area contributed by atoms with Crippen LogP contribution in [0.2, 0.25) is 0 Å². The van der Waals surface area contributed by atoms with E-state index in [2.05, 4.69) is 37.8 Å². The molecular weight excluding hydrogens is 234 g/mol. The lowest BCUT2D eigenvalue weighted by molar-refractivity contribution is 0.0979. The molecule has 0 fully saturated rings. The number of hydrogen-bond acceptors (Lipinski definition) is 2. The minimum Gasteiger partial charge on any atom is -0.369 e. The van der Waals surface area contributed by atoms with Crippen molar-refractivity contribution in [3.8, 4) is 0 Å². The summed E-state index contributed by atoms with van der Waals surface area (Å²) in [4.78, 5) is 14.5. The first kappa shape index (κ1) is 14.1. The van der Waals surface area contributed by atoms with Crippen molar-refractivity contribution in [3.05, 3.63) is 29.3 Å². The van der Waals surface area contributed by atoms with Gasteiger partial charge in [0.1, 0.15) is 0 Å². The zero-order valence-electron chi connectivity index (χ0n) is 12.4. The van der Waals surface area contributed by atoms with Crippen molar-refractivity contribution in [2.45, 2.75) is 58.9 Å². The maximum atomic E-state index is 12.1. The molecule has 104 valence electrons. The van der Waals surface area contributed by atoms with Gasteiger partial charge in [0.15, 0.2) is 5.78 Å². The molecule has 1 heterocycles. The van der Waals surface area contributed by atoms with E-state index in [1.165, 1.54) is 17.7 Å². The van der Waals surface area contributed by atoms with Gasteiger partial charge in [-0.1, -0.05) is 13.3 Å². The van der Waals surface area contributed by atoms with Crippen LogP contribution in [0.15, 0.2) is 18.2 Å². The van der Waals surface area contributed by atoms with E-state index in [1.54, 1.807) is 0 Å². The third kappa shape index (κ3) is 3.17. The Hall–Kier alpha value is -1.31. The van der Waals surface area contributed by atoms with Crippen molar-refractivity contribution in [1.29, 1.82) is 0 Å². The number of carbonyl (C=O) groups excluding carboxylic acids is 1. The van der Waals surface area contributed by atoms with Crippen molar-refractivity contribution in [2.24, 2.45) is 0 Å². The van der Waals surface area contributed by atoms with Gasteiger partial charge in [-0.15, -0.1) is 0 Å². The molecular formula is C17H25NO. The summed E-state index contributed by atoms with van der Waals surface area (Å²) in [7, 11) is 0. The summed E-state index contributed by atoms with van der Waals surface area (Å²) >= 11 is 0. The molecule has 0 atom stereocenters. The lowest BCUT2D eigenvalue weighted by Crippen LogP contribution is -2.35. The zero-order chi connectivity index (χ0) is 13.8. The molecule has 2 heteroatoms. The topological polar surface area (TPSA) is 20.3 Å². The number of carbonyl (C=O) groups is 1. The van der Waals surface area contributed by atoms with Gasteiger partial charge in [-0.25, -0.2) is 0 Å². The summed E-state index contributed by atoms with van der Waals surface area (Å²) in [6.45, 7) is 7.72. The lowest BCUT2D eigenvalue weighted by atomic mass is 9.95. The monoisotopic (exact) mass is 259 g/mol. The SMILES string of the molecule is CCCCC(=O)c1ccc2c(c1)CCCN2C(C)C. The van der Waals surface area contributed by atoms with Gasteiger partial charge in [-0.2, -0.15) is 0 Å². The standard InChI is InChI=1S/C17H25NO/c1-4-5-8-17(19)15-9-10-16-14(12-15)7-6-11-18(16)13(2)3/h9-10,12-13H,4-8,11H2,1-3H3. The number of aryl methyl sites for hydroxylation is 1. The highest BCUT2D eigenvalue weighted by atomic mass is 16.1. The van der Waals surface area contributed by atoms with Crippen LogP contribution in [0.5, 0.6) is 0 Å². The van der Waals surface area contributed by atoms with Crippen LogP contribution in [0, 0.1) is 0 Å². The third-order valence-corrected chi connectivity index (χ3v) is 3.94. The molecule has 2 rings (SSSR count). The molecule has 0 radical (unpaired) electrons. The number of ketones is 1. The summed E-state index contributed by atoms with van der Waals surface area (Å²) in [5, 5.41) is 0. The Morgan fingerprint density at radius 3 is 2.84 bits per heavy atom. The second-order valence-corrected chi connectivity index (χ2v) is 5.76. The summed E-state index contributed by atoms with van der Waals surface area (Å²) in [5.41, 5.74) is 3.58. The van der Waals surface area contributed by atoms with Gasteiger partial charge in [0.25, 0.3) is 0 Å². The fourth-order valence-electron chi connectivity index (χ4n) is 2.82. The lowest BCUT2D eigenvalue weighted by Gasteiger charge is -2.34. The van der Waals surface area contributed by atoms with Crippen molar-refractivity contribution in [2.75, 3.05) is 11.4 Å². The van der Waals surface area contributed by atoms with Gasteiger partial charge in [0.05, 0.1) is 0 Å². The molecule has 1 aromatic carbocycles. The minimum absolute atomic E-state index is 0.298. The second kappa shape index (κ2) is 6.23. The van der Waals surface area contributed by atoms with Crippen LogP contribution in [-0.2, 0) is 6.42 Å². The molecule has 0 spiro atoms. The molecule has 2 nitrogen and oxygen atoms in total. The van der Waals surface area contributed by atoms with Crippen molar-refractivity contribution in [1.82, 2.24) is 0 Å². The summed E-state index contributed by atoms with van der Waals surface area (Å²) in [5.74, 6) is 0.298. The molecule has 0 amide bonds. The van der Waals surface area contributed by atoms with Gasteiger partial charge in [-0.3, -0.25) is 4.79 Å². The zero-order valence-corrected chi connectivity index (χ0v) is 12.4. The molecule has 1 aliphatic heterocycles. The van der Waals surface area contributed by atoms with Crippen LogP contribution in [-0.4, -0.2) is 18.4 Å². The average Bonchev–Trinajstić information content (AvgIpc) is 2.43. The van der Waals surface area contributed by atoms with Crippen molar-refractivity contribution < 1.29 is 4.79 Å². The first-order valence-electron chi connectivity index (χ1n) is 7.56. The molecule has 0 N–H and O–H groups in total. The molecule has 1 aromatic rings. The normalized spacial score (nSPS) is 14.6. The third-order valence-electron chi connectivity index (χ3n) is 3.94. The highest BCUT2D eigenvalue weighted by Crippen LogP contribution is 2.29. The van der Waals surface area contributed by atoms with E-state index in [0.29, 0.717) is 18.2 Å². The first-order valence-corrected chi connectivity index (χ1v) is 7.56. The summed E-state index contributed by atoms with van der Waals surface area (Å²) in [6.07, 6.45) is 5.06. The molecule has 1 aliphatic rings. The maximum Gasteiger partial charge on any atom is 0.162 e. The van der Waals surface area contributed by atoms with Gasteiger partial charge >= 0.3 is 0 Å². The Morgan fingerprint density at radius 1 is 1.37 bits per heavy atom. The molecule has 0 aliphatic carbocycles. The summed E-state index contributed by atoms with van der Waals surface area (Å²) in [6, 6.07) is 6.81. The van der Waals surface area contributed by atoms with Gasteiger partial charge in [0.2, 0.25) is 0 Å². The number of hydrogen-bond donors (Lipinski definition) is 0. The largest absolute Gasteiger partial charge is 0.369 e. The van der Waals surface area contributed by atoms with E-state index in [-0.39, 0.29) is 0 Å². The highest BCUT2D eigenvalue weighted by molar-refractivity contribution is 5.96. The van der Waals surface area contributed by atoms with Crippen LogP contribution >= 0.6 is 0 Å². The predicted octanol–water partition coefficient (Wildman–Crippen LogP) is 4.22. The van der Waals surface area contributed by atoms with E-state index < -0.39 is 0 Å². The van der Waals surface area contributed by atoms with Crippen LogP contribution < -0.4 is 4.90 Å². The Labute approximate surface area is 116 Å². The number of unbranched alkanes of at least 4 members (excludes halogenated alkanes) is 1. The van der Waals surface area contributed by atoms with Crippen LogP contribution in [0.4, 0.5) is 5.69 Å². The number of anilines is 1. The number of rotatable bonds is 5. The minimum atomic E-state index is 0.298. The van der Waals surface area contributed by atoms with Crippen molar-refractivity contribution >= 4 is 11.5 Å². The fraction of sp³-hybridized carbons (Fsp3) is 0.588. The molecule has 0 aromatic heterocycles. The maximum absolute atomic E-state index is 12.1. The van der Waals surface area contributed by atoms with E-state index in [9.17, 15) is 4.79 Å². The highest BCUT2D eigenvalue weighted by Gasteiger charge is 2.20. The van der Waals surface area contributed by atoms with E-state index in [0.717, 1.165) is 31.4 Å². The van der Waals surface area contributed by atoms with Gasteiger partial charge in [0, 0.05) is 30.3 Å². The first-order chi connectivity index (χ1) is 9.13. The Morgan fingerprint density at radius 2 is 2.16 bits per heavy atom. The van der Waals surface area contributed by atoms with E-state index in [1.807, 2.05) is 6.07 Å². The van der Waals surface area contributed by atoms with Crippen LogP contribution in [0.3, 0.4) is 0 Å². The molecule has 0 bridgehead atoms. The Bertz CT molecular complexity index is 451. The molecule has 19 heavy (non-hydrogen) atoms. The smallest absolute Gasteiger partial charge is 0.162 e. The number of Topliss-reactive ketones (excluding diaryl/α,β-unsaturated/α-hetero) is 1. The molecule has 0 saturated carbocycles. The number of fused-ring (bicyclic) bond motifs is 1. The van der Waals surface area contributed by atoms with Gasteiger partial charge in [-0.05, 0) is 56.9 Å². The molecule has 0 saturated heterocycles. The predicted molar refractivity (Wildman–Crippen MR) is 81.1 cm³/mol. The van der Waals surface area contributed by atoms with Gasteiger partial charge < -0.3 is 4.90 Å². The molecule has 0 unspecified atom stereocenters. The van der Waals surface area contributed by atoms with E-state index >= 15 is 0 Å². The van der Waals surface area contributed by atoms with E-state index in [4.69, 9.17) is 0 Å². The number of nitrogens with zero attached hydrogens (tertiary/aromatic N) is 1. The fourth-order valence-corrected chi connectivity index (χ4v) is 2.82. The Kier molecular flexibility index (Phi) is 4.62. The van der Waals surface area contributed by atoms with Crippen molar-refractivity contribution in [3.63, 3.8) is 0 Å². The number of benzene rings is 1. The second-order valence-electron chi connectivity index (χ2n) is 5.76. The quantitative estimate of drug-likeness (QED) is 0.738. The van der Waals surface area contributed by atoms with Crippen LogP contribution in [0.1, 0.15) is 62.4 Å².